The zero-order valence-corrected chi connectivity index (χ0v) is 14.5. The number of halogens is 1. The first-order valence-corrected chi connectivity index (χ1v) is 8.44. The van der Waals surface area contributed by atoms with E-state index in [0.29, 0.717) is 41.9 Å². The Kier molecular flexibility index (Phi) is 4.90. The Morgan fingerprint density at radius 1 is 1.00 bits per heavy atom. The molecule has 7 heteroatoms. The lowest BCUT2D eigenvalue weighted by molar-refractivity contribution is 0.521. The second kappa shape index (κ2) is 7.11. The molecule has 0 aliphatic carbocycles. The molecule has 130 valence electrons. The van der Waals surface area contributed by atoms with Gasteiger partial charge in [-0.25, -0.2) is 4.79 Å². The predicted molar refractivity (Wildman–Crippen MR) is 98.5 cm³/mol. The van der Waals surface area contributed by atoms with E-state index in [1.54, 1.807) is 28.8 Å². The molecule has 0 atom stereocenters. The van der Waals surface area contributed by atoms with Gasteiger partial charge in [0.2, 0.25) is 0 Å². The van der Waals surface area contributed by atoms with Gasteiger partial charge in [-0.1, -0.05) is 17.7 Å². The van der Waals surface area contributed by atoms with Crippen molar-refractivity contribution >= 4 is 22.5 Å². The second-order valence-electron chi connectivity index (χ2n) is 5.94. The molecule has 1 aromatic carbocycles. The fraction of sp³-hybridized carbons (Fsp3) is 0.278. The molecule has 0 amide bonds. The van der Waals surface area contributed by atoms with Crippen LogP contribution in [0.1, 0.15) is 18.5 Å². The molecule has 0 saturated heterocycles. The topological polar surface area (TPSA) is 76.9 Å². The number of aryl methyl sites for hydroxylation is 1. The minimum Gasteiger partial charge on any atom is -0.313 e. The molecular formula is C18H18ClN3O3. The highest BCUT2D eigenvalue weighted by Crippen LogP contribution is 2.13. The first-order valence-electron chi connectivity index (χ1n) is 8.06. The van der Waals surface area contributed by atoms with Crippen LogP contribution < -0.4 is 16.8 Å². The monoisotopic (exact) mass is 359 g/mol. The average Bonchev–Trinajstić information content (AvgIpc) is 2.55. The molecule has 25 heavy (non-hydrogen) atoms. The smallest absolute Gasteiger partial charge is 0.313 e. The number of unbranched alkanes of at least 4 members (excludes halogenated alkanes) is 1. The van der Waals surface area contributed by atoms with Crippen LogP contribution in [0, 0.1) is 6.92 Å². The summed E-state index contributed by atoms with van der Waals surface area (Å²) in [6, 6.07) is 9.93. The largest absolute Gasteiger partial charge is 0.328 e. The van der Waals surface area contributed by atoms with Crippen molar-refractivity contribution in [3.8, 4) is 0 Å². The molecule has 0 aliphatic heterocycles. The quantitative estimate of drug-likeness (QED) is 0.710. The fourth-order valence-electron chi connectivity index (χ4n) is 2.88. The van der Waals surface area contributed by atoms with Crippen LogP contribution in [0.15, 0.2) is 50.8 Å². The lowest BCUT2D eigenvalue weighted by Crippen LogP contribution is -2.35. The molecule has 2 heterocycles. The first kappa shape index (κ1) is 17.2. The van der Waals surface area contributed by atoms with E-state index in [-0.39, 0.29) is 11.1 Å². The number of hydrogen-bond acceptors (Lipinski definition) is 3. The molecule has 3 aromatic rings. The second-order valence-corrected chi connectivity index (χ2v) is 6.38. The summed E-state index contributed by atoms with van der Waals surface area (Å²) >= 11 is 5.89. The van der Waals surface area contributed by atoms with Gasteiger partial charge in [-0.3, -0.25) is 14.2 Å². The van der Waals surface area contributed by atoms with Crippen molar-refractivity contribution in [2.75, 3.05) is 0 Å². The number of H-pyrrole nitrogens is 1. The van der Waals surface area contributed by atoms with Crippen LogP contribution in [0.25, 0.3) is 10.9 Å². The molecule has 0 unspecified atom stereocenters. The normalized spacial score (nSPS) is 11.1. The van der Waals surface area contributed by atoms with E-state index in [1.165, 1.54) is 10.6 Å². The van der Waals surface area contributed by atoms with Crippen LogP contribution in [-0.4, -0.2) is 14.1 Å². The summed E-state index contributed by atoms with van der Waals surface area (Å²) in [5.41, 5.74) is 0.504. The molecule has 0 spiro atoms. The number of nitrogens with zero attached hydrogens (tertiary/aromatic N) is 2. The van der Waals surface area contributed by atoms with Gasteiger partial charge in [0.1, 0.15) is 0 Å². The third-order valence-electron chi connectivity index (χ3n) is 4.23. The molecular weight excluding hydrogens is 342 g/mol. The number of aromatic nitrogens is 3. The fourth-order valence-corrected chi connectivity index (χ4v) is 3.05. The SMILES string of the molecule is Cc1cccc(=O)n1CCCCn1c(=O)[nH]c2cc(Cl)ccc2c1=O. The van der Waals surface area contributed by atoms with Crippen molar-refractivity contribution in [1.29, 1.82) is 0 Å². The van der Waals surface area contributed by atoms with E-state index in [2.05, 4.69) is 4.98 Å². The highest BCUT2D eigenvalue weighted by molar-refractivity contribution is 6.31. The van der Waals surface area contributed by atoms with Gasteiger partial charge in [0.25, 0.3) is 11.1 Å². The summed E-state index contributed by atoms with van der Waals surface area (Å²) in [7, 11) is 0. The van der Waals surface area contributed by atoms with Gasteiger partial charge in [-0.05, 0) is 44.0 Å². The van der Waals surface area contributed by atoms with Crippen molar-refractivity contribution in [2.24, 2.45) is 0 Å². The predicted octanol–water partition coefficient (Wildman–Crippen LogP) is 2.29. The Balaban J connectivity index is 1.76. The number of nitrogens with one attached hydrogen (secondary N) is 1. The van der Waals surface area contributed by atoms with Crippen LogP contribution in [0.3, 0.4) is 0 Å². The molecule has 0 fully saturated rings. The first-order chi connectivity index (χ1) is 12.0. The molecule has 0 radical (unpaired) electrons. The van der Waals surface area contributed by atoms with Crippen molar-refractivity contribution < 1.29 is 0 Å². The molecule has 0 bridgehead atoms. The molecule has 0 aliphatic rings. The summed E-state index contributed by atoms with van der Waals surface area (Å²) in [4.78, 5) is 39.1. The standard InChI is InChI=1S/C18H18ClN3O3/c1-12-5-4-6-16(23)21(12)9-2-3-10-22-17(24)14-8-7-13(19)11-15(14)20-18(22)25/h4-8,11H,2-3,9-10H2,1H3,(H,20,25). The lowest BCUT2D eigenvalue weighted by Gasteiger charge is -2.10. The third-order valence-corrected chi connectivity index (χ3v) is 4.46. The maximum Gasteiger partial charge on any atom is 0.328 e. The van der Waals surface area contributed by atoms with Gasteiger partial charge in [0, 0.05) is 29.9 Å². The molecule has 6 nitrogen and oxygen atoms in total. The maximum atomic E-state index is 12.5. The van der Waals surface area contributed by atoms with E-state index < -0.39 is 5.69 Å². The maximum absolute atomic E-state index is 12.5. The van der Waals surface area contributed by atoms with Crippen molar-refractivity contribution in [2.45, 2.75) is 32.9 Å². The summed E-state index contributed by atoms with van der Waals surface area (Å²) in [6.07, 6.45) is 1.30. The van der Waals surface area contributed by atoms with E-state index in [9.17, 15) is 14.4 Å². The average molecular weight is 360 g/mol. The highest BCUT2D eigenvalue weighted by atomic mass is 35.5. The Bertz CT molecular complexity index is 1100. The van der Waals surface area contributed by atoms with Gasteiger partial charge >= 0.3 is 5.69 Å². The third kappa shape index (κ3) is 3.58. The zero-order chi connectivity index (χ0) is 18.0. The van der Waals surface area contributed by atoms with Crippen LogP contribution in [-0.2, 0) is 13.1 Å². The number of hydrogen-bond donors (Lipinski definition) is 1. The highest BCUT2D eigenvalue weighted by Gasteiger charge is 2.08. The van der Waals surface area contributed by atoms with Crippen LogP contribution in [0.4, 0.5) is 0 Å². The summed E-state index contributed by atoms with van der Waals surface area (Å²) < 4.78 is 2.88. The minimum atomic E-state index is -0.451. The number of rotatable bonds is 5. The van der Waals surface area contributed by atoms with Crippen LogP contribution in [0.5, 0.6) is 0 Å². The van der Waals surface area contributed by atoms with E-state index in [4.69, 9.17) is 11.6 Å². The Morgan fingerprint density at radius 2 is 1.72 bits per heavy atom. The minimum absolute atomic E-state index is 0.0439. The number of aromatic amines is 1. The van der Waals surface area contributed by atoms with Crippen molar-refractivity contribution in [1.82, 2.24) is 14.1 Å². The molecule has 3 rings (SSSR count). The van der Waals surface area contributed by atoms with Gasteiger partial charge < -0.3 is 9.55 Å². The zero-order valence-electron chi connectivity index (χ0n) is 13.8. The van der Waals surface area contributed by atoms with Gasteiger partial charge in [-0.15, -0.1) is 0 Å². The molecule has 0 saturated carbocycles. The van der Waals surface area contributed by atoms with E-state index in [1.807, 2.05) is 13.0 Å². The summed E-state index contributed by atoms with van der Waals surface area (Å²) in [5.74, 6) is 0. The molecule has 2 aromatic heterocycles. The van der Waals surface area contributed by atoms with Crippen LogP contribution in [0.2, 0.25) is 5.02 Å². The van der Waals surface area contributed by atoms with Crippen LogP contribution >= 0.6 is 11.6 Å². The number of fused-ring (bicyclic) bond motifs is 1. The Labute approximate surface area is 148 Å². The van der Waals surface area contributed by atoms with Crippen molar-refractivity contribution in [3.05, 3.63) is 78.3 Å². The van der Waals surface area contributed by atoms with Crippen molar-refractivity contribution in [3.63, 3.8) is 0 Å². The Hall–Kier alpha value is -2.60. The van der Waals surface area contributed by atoms with Gasteiger partial charge in [-0.2, -0.15) is 0 Å². The Morgan fingerprint density at radius 3 is 2.44 bits per heavy atom. The molecule has 1 N–H and O–H groups in total. The number of benzene rings is 1. The van der Waals surface area contributed by atoms with E-state index in [0.717, 1.165) is 5.69 Å². The summed E-state index contributed by atoms with van der Waals surface area (Å²) in [5, 5.41) is 0.892. The van der Waals surface area contributed by atoms with Gasteiger partial charge in [0.15, 0.2) is 0 Å². The lowest BCUT2D eigenvalue weighted by atomic mass is 10.2. The van der Waals surface area contributed by atoms with E-state index >= 15 is 0 Å². The number of pyridine rings is 1. The van der Waals surface area contributed by atoms with Gasteiger partial charge in [0.05, 0.1) is 10.9 Å². The summed E-state index contributed by atoms with van der Waals surface area (Å²) in [6.45, 7) is 2.74.